The molecule has 6 nitrogen and oxygen atoms in total. The average Bonchev–Trinajstić information content (AvgIpc) is 2.53. The minimum absolute atomic E-state index is 0.00345. The number of hydrogen-bond acceptors (Lipinski definition) is 6. The lowest BCUT2D eigenvalue weighted by molar-refractivity contribution is -0.269. The van der Waals surface area contributed by atoms with Crippen molar-refractivity contribution in [2.45, 2.75) is 32.8 Å². The molecule has 0 bridgehead atoms. The van der Waals surface area contributed by atoms with Crippen LogP contribution in [0.3, 0.4) is 0 Å². The van der Waals surface area contributed by atoms with Crippen molar-refractivity contribution in [2.24, 2.45) is 0 Å². The highest BCUT2D eigenvalue weighted by Crippen LogP contribution is 2.46. The van der Waals surface area contributed by atoms with E-state index >= 15 is 0 Å². The van der Waals surface area contributed by atoms with Crippen LogP contribution in [0.1, 0.15) is 47.9 Å². The van der Waals surface area contributed by atoms with Gasteiger partial charge in [-0.1, -0.05) is 17.4 Å². The van der Waals surface area contributed by atoms with E-state index in [9.17, 15) is 25.2 Å². The van der Waals surface area contributed by atoms with Gasteiger partial charge in [0.25, 0.3) is 0 Å². The predicted molar refractivity (Wildman–Crippen MR) is 92.8 cm³/mol. The molecular formula is C20H19O6-. The van der Waals surface area contributed by atoms with Crippen molar-refractivity contribution in [3.8, 4) is 28.7 Å². The highest BCUT2D eigenvalue weighted by atomic mass is 16.5. The summed E-state index contributed by atoms with van der Waals surface area (Å²) in [5.41, 5.74) is 1.61. The number of aromatic hydroxyl groups is 3. The number of ketones is 1. The maximum atomic E-state index is 12.6. The lowest BCUT2D eigenvalue weighted by atomic mass is 9.92. The zero-order valence-corrected chi connectivity index (χ0v) is 14.4. The molecule has 0 radical (unpaired) electrons. The van der Waals surface area contributed by atoms with Crippen molar-refractivity contribution in [3.05, 3.63) is 52.6 Å². The summed E-state index contributed by atoms with van der Waals surface area (Å²) in [6.45, 7) is 3.78. The summed E-state index contributed by atoms with van der Waals surface area (Å²) in [4.78, 5) is 12.6. The first-order valence-corrected chi connectivity index (χ1v) is 8.19. The second-order valence-electron chi connectivity index (χ2n) is 6.54. The second kappa shape index (κ2) is 6.63. The Hall–Kier alpha value is -3.15. The van der Waals surface area contributed by atoms with Gasteiger partial charge in [-0.25, -0.2) is 0 Å². The van der Waals surface area contributed by atoms with E-state index in [1.165, 1.54) is 12.1 Å². The highest BCUT2D eigenvalue weighted by Gasteiger charge is 2.33. The number of rotatable bonds is 3. The number of phenolic OH excluding ortho intramolecular Hbond substituents is 3. The van der Waals surface area contributed by atoms with Crippen LogP contribution < -0.4 is 9.84 Å². The lowest BCUT2D eigenvalue weighted by Gasteiger charge is -2.30. The summed E-state index contributed by atoms with van der Waals surface area (Å²) < 4.78 is 5.88. The predicted octanol–water partition coefficient (Wildman–Crippen LogP) is 3.09. The van der Waals surface area contributed by atoms with E-state index in [0.29, 0.717) is 5.56 Å². The van der Waals surface area contributed by atoms with Gasteiger partial charge in [-0.05, 0) is 44.0 Å². The molecule has 2 aromatic carbocycles. The third-order valence-electron chi connectivity index (χ3n) is 4.31. The third-order valence-corrected chi connectivity index (χ3v) is 4.31. The van der Waals surface area contributed by atoms with Crippen LogP contribution in [0.25, 0.3) is 0 Å². The standard InChI is InChI=1S/C20H20O6/c1-10(2)3-5-13-15(23)8-16(24)19-17(25)9-18(26-20(13)19)12-6-4-11(21)7-14(12)22/h3-4,6-8,18,21-24H,5,9H2,1-2H3/p-1/t18-/m0/s1. The molecule has 2 aromatic rings. The first kappa shape index (κ1) is 17.7. The molecule has 1 atom stereocenters. The fourth-order valence-electron chi connectivity index (χ4n) is 2.99. The van der Waals surface area contributed by atoms with Crippen molar-refractivity contribution in [2.75, 3.05) is 0 Å². The lowest BCUT2D eigenvalue weighted by Crippen LogP contribution is -2.22. The van der Waals surface area contributed by atoms with Crippen molar-refractivity contribution >= 4 is 5.78 Å². The van der Waals surface area contributed by atoms with Gasteiger partial charge in [0.1, 0.15) is 34.7 Å². The molecule has 0 aliphatic carbocycles. The van der Waals surface area contributed by atoms with Crippen LogP contribution in [-0.4, -0.2) is 21.1 Å². The molecule has 3 N–H and O–H groups in total. The Bertz CT molecular complexity index is 909. The Labute approximate surface area is 150 Å². The molecule has 0 spiro atoms. The minimum atomic E-state index is -0.817. The SMILES string of the molecule is CC(C)=CCc1c([O-])cc(O)c2c1O[C@H](c1ccc(O)cc1O)CC2=O. The minimum Gasteiger partial charge on any atom is -0.872 e. The van der Waals surface area contributed by atoms with E-state index in [1.807, 2.05) is 19.9 Å². The van der Waals surface area contributed by atoms with Crippen LogP contribution in [0, 0.1) is 0 Å². The number of Topliss-reactive ketones (excluding diaryl/α,β-unsaturated/α-hetero) is 1. The zero-order chi connectivity index (χ0) is 19.0. The van der Waals surface area contributed by atoms with Gasteiger partial charge in [-0.15, -0.1) is 0 Å². The van der Waals surface area contributed by atoms with E-state index in [4.69, 9.17) is 4.74 Å². The molecule has 6 heteroatoms. The van der Waals surface area contributed by atoms with Crippen molar-refractivity contribution in [3.63, 3.8) is 0 Å². The molecule has 3 rings (SSSR count). The normalized spacial score (nSPS) is 15.9. The van der Waals surface area contributed by atoms with E-state index in [0.717, 1.165) is 17.7 Å². The van der Waals surface area contributed by atoms with Gasteiger partial charge in [-0.3, -0.25) is 4.79 Å². The summed E-state index contributed by atoms with van der Waals surface area (Å²) in [5, 5.41) is 41.9. The van der Waals surface area contributed by atoms with Crippen LogP contribution in [0.5, 0.6) is 28.7 Å². The van der Waals surface area contributed by atoms with Gasteiger partial charge in [0.05, 0.1) is 6.42 Å². The molecule has 1 heterocycles. The van der Waals surface area contributed by atoms with Crippen molar-refractivity contribution in [1.29, 1.82) is 0 Å². The molecule has 0 amide bonds. The Morgan fingerprint density at radius 1 is 1.23 bits per heavy atom. The molecule has 1 aliphatic rings. The van der Waals surface area contributed by atoms with Gasteiger partial charge >= 0.3 is 0 Å². The Kier molecular flexibility index (Phi) is 4.50. The Morgan fingerprint density at radius 2 is 1.96 bits per heavy atom. The van der Waals surface area contributed by atoms with E-state index in [-0.39, 0.29) is 47.0 Å². The summed E-state index contributed by atoms with van der Waals surface area (Å²) in [6, 6.07) is 5.03. The quantitative estimate of drug-likeness (QED) is 0.730. The van der Waals surface area contributed by atoms with Crippen LogP contribution >= 0.6 is 0 Å². The van der Waals surface area contributed by atoms with Crippen LogP contribution in [0.2, 0.25) is 0 Å². The molecule has 0 saturated heterocycles. The smallest absolute Gasteiger partial charge is 0.174 e. The van der Waals surface area contributed by atoms with Crippen molar-refractivity contribution in [1.82, 2.24) is 0 Å². The van der Waals surface area contributed by atoms with Gasteiger partial charge in [-0.2, -0.15) is 0 Å². The zero-order valence-electron chi connectivity index (χ0n) is 14.4. The third kappa shape index (κ3) is 3.18. The fraction of sp³-hybridized carbons (Fsp3) is 0.250. The van der Waals surface area contributed by atoms with E-state index in [1.54, 1.807) is 0 Å². The number of phenols is 3. The van der Waals surface area contributed by atoms with Gasteiger partial charge in [0.15, 0.2) is 5.78 Å². The molecule has 136 valence electrons. The molecule has 0 unspecified atom stereocenters. The number of allylic oxidation sites excluding steroid dienone is 2. The monoisotopic (exact) mass is 355 g/mol. The van der Waals surface area contributed by atoms with Gasteiger partial charge < -0.3 is 25.2 Å². The summed E-state index contributed by atoms with van der Waals surface area (Å²) in [7, 11) is 0. The van der Waals surface area contributed by atoms with E-state index in [2.05, 4.69) is 0 Å². The molecule has 1 aliphatic heterocycles. The first-order chi connectivity index (χ1) is 12.3. The first-order valence-electron chi connectivity index (χ1n) is 8.19. The van der Waals surface area contributed by atoms with Crippen LogP contribution in [-0.2, 0) is 6.42 Å². The Balaban J connectivity index is 2.10. The molecule has 0 saturated carbocycles. The summed E-state index contributed by atoms with van der Waals surface area (Å²) in [6.07, 6.45) is 1.19. The number of carbonyl (C=O) groups is 1. The van der Waals surface area contributed by atoms with Crippen molar-refractivity contribution < 1.29 is 30.0 Å². The topological polar surface area (TPSA) is 110 Å². The molecule has 26 heavy (non-hydrogen) atoms. The van der Waals surface area contributed by atoms with Gasteiger partial charge in [0.2, 0.25) is 0 Å². The maximum Gasteiger partial charge on any atom is 0.174 e. The number of benzene rings is 2. The number of hydrogen-bond donors (Lipinski definition) is 3. The Morgan fingerprint density at radius 3 is 2.62 bits per heavy atom. The van der Waals surface area contributed by atoms with Gasteiger partial charge in [0, 0.05) is 11.6 Å². The highest BCUT2D eigenvalue weighted by molar-refractivity contribution is 6.03. The van der Waals surface area contributed by atoms with Crippen LogP contribution in [0.15, 0.2) is 35.9 Å². The summed E-state index contributed by atoms with van der Waals surface area (Å²) in [5.74, 6) is -1.45. The maximum absolute atomic E-state index is 12.6. The molecular weight excluding hydrogens is 336 g/mol. The van der Waals surface area contributed by atoms with E-state index < -0.39 is 17.6 Å². The number of ether oxygens (including phenoxy) is 1. The molecule has 0 fully saturated rings. The summed E-state index contributed by atoms with van der Waals surface area (Å²) >= 11 is 0. The average molecular weight is 355 g/mol. The molecule has 0 aromatic heterocycles. The largest absolute Gasteiger partial charge is 0.872 e. The second-order valence-corrected chi connectivity index (χ2v) is 6.54. The fourth-order valence-corrected chi connectivity index (χ4v) is 2.99. The number of carbonyl (C=O) groups excluding carboxylic acids is 1. The van der Waals surface area contributed by atoms with Crippen LogP contribution in [0.4, 0.5) is 0 Å². The number of fused-ring (bicyclic) bond motifs is 1.